The van der Waals surface area contributed by atoms with Crippen molar-refractivity contribution < 1.29 is 4.74 Å². The molecule has 0 aliphatic rings. The molecule has 0 saturated heterocycles. The first-order valence-corrected chi connectivity index (χ1v) is 6.48. The number of nitrogens with one attached hydrogen (secondary N) is 1. The van der Waals surface area contributed by atoms with Gasteiger partial charge in [-0.3, -0.25) is 4.68 Å². The average molecular weight is 290 g/mol. The average Bonchev–Trinajstić information content (AvgIpc) is 2.63. The quantitative estimate of drug-likeness (QED) is 0.742. The van der Waals surface area contributed by atoms with Crippen molar-refractivity contribution in [2.24, 2.45) is 0 Å². The van der Waals surface area contributed by atoms with E-state index in [4.69, 9.17) is 4.74 Å². The topological polar surface area (TPSA) is 39.1 Å². The van der Waals surface area contributed by atoms with Gasteiger partial charge in [0.25, 0.3) is 0 Å². The molecule has 1 heterocycles. The van der Waals surface area contributed by atoms with E-state index in [0.29, 0.717) is 6.61 Å². The van der Waals surface area contributed by atoms with Crippen LogP contribution in [0.1, 0.15) is 19.0 Å². The first-order valence-electron chi connectivity index (χ1n) is 5.69. The summed E-state index contributed by atoms with van der Waals surface area (Å²) in [5, 5.41) is 7.64. The lowest BCUT2D eigenvalue weighted by Crippen LogP contribution is -2.16. The molecule has 1 aromatic heterocycles. The van der Waals surface area contributed by atoms with E-state index in [0.717, 1.165) is 36.9 Å². The van der Waals surface area contributed by atoms with Crippen LogP contribution >= 0.6 is 15.9 Å². The second-order valence-electron chi connectivity index (χ2n) is 3.61. The third kappa shape index (κ3) is 4.23. The monoisotopic (exact) mass is 289 g/mol. The fraction of sp³-hybridized carbons (Fsp3) is 0.727. The number of hydrogen-bond acceptors (Lipinski definition) is 3. The van der Waals surface area contributed by atoms with E-state index < -0.39 is 0 Å². The fourth-order valence-electron chi connectivity index (χ4n) is 1.56. The van der Waals surface area contributed by atoms with Crippen molar-refractivity contribution in [3.8, 4) is 0 Å². The maximum atomic E-state index is 5.06. The summed E-state index contributed by atoms with van der Waals surface area (Å²) in [4.78, 5) is 0. The largest absolute Gasteiger partial charge is 0.383 e. The van der Waals surface area contributed by atoms with Crippen molar-refractivity contribution in [3.05, 3.63) is 16.4 Å². The molecule has 0 aromatic carbocycles. The molecule has 1 N–H and O–H groups in total. The van der Waals surface area contributed by atoms with Gasteiger partial charge in [-0.1, -0.05) is 6.92 Å². The number of methoxy groups -OCH3 is 1. The highest BCUT2D eigenvalue weighted by atomic mass is 79.9. The smallest absolute Gasteiger partial charge is 0.0658 e. The summed E-state index contributed by atoms with van der Waals surface area (Å²) in [6.07, 6.45) is 4.03. The lowest BCUT2D eigenvalue weighted by atomic mass is 10.2. The first kappa shape index (κ1) is 13.7. The lowest BCUT2D eigenvalue weighted by molar-refractivity contribution is 0.182. The molecule has 16 heavy (non-hydrogen) atoms. The van der Waals surface area contributed by atoms with Crippen LogP contribution in [0.2, 0.25) is 0 Å². The minimum Gasteiger partial charge on any atom is -0.383 e. The molecule has 0 spiro atoms. The van der Waals surface area contributed by atoms with Crippen LogP contribution in [0.5, 0.6) is 0 Å². The molecule has 92 valence electrons. The zero-order valence-electron chi connectivity index (χ0n) is 10.0. The lowest BCUT2D eigenvalue weighted by Gasteiger charge is -2.07. The molecule has 0 atom stereocenters. The van der Waals surface area contributed by atoms with Crippen LogP contribution in [-0.2, 0) is 17.7 Å². The van der Waals surface area contributed by atoms with Gasteiger partial charge in [-0.25, -0.2) is 0 Å². The summed E-state index contributed by atoms with van der Waals surface area (Å²) in [5.74, 6) is 0. The van der Waals surface area contributed by atoms with Crippen LogP contribution in [-0.4, -0.2) is 36.6 Å². The van der Waals surface area contributed by atoms with Crippen molar-refractivity contribution in [3.63, 3.8) is 0 Å². The van der Waals surface area contributed by atoms with Crippen LogP contribution in [0.4, 0.5) is 0 Å². The van der Waals surface area contributed by atoms with Crippen LogP contribution in [0, 0.1) is 0 Å². The number of rotatable bonds is 8. The summed E-state index contributed by atoms with van der Waals surface area (Å²) in [6.45, 7) is 5.73. The van der Waals surface area contributed by atoms with E-state index in [-0.39, 0.29) is 0 Å². The van der Waals surface area contributed by atoms with Crippen LogP contribution in [0.15, 0.2) is 10.7 Å². The Morgan fingerprint density at radius 3 is 3.06 bits per heavy atom. The molecule has 5 heteroatoms. The Kier molecular flexibility index (Phi) is 6.68. The fourth-order valence-corrected chi connectivity index (χ4v) is 2.06. The van der Waals surface area contributed by atoms with E-state index in [1.807, 2.05) is 10.9 Å². The minimum absolute atomic E-state index is 0.703. The van der Waals surface area contributed by atoms with Crippen LogP contribution < -0.4 is 5.32 Å². The molecule has 0 amide bonds. The van der Waals surface area contributed by atoms with Crippen molar-refractivity contribution in [2.75, 3.05) is 26.8 Å². The second-order valence-corrected chi connectivity index (χ2v) is 4.47. The third-order valence-corrected chi connectivity index (χ3v) is 3.08. The van der Waals surface area contributed by atoms with Gasteiger partial charge in [0.15, 0.2) is 0 Å². The van der Waals surface area contributed by atoms with Gasteiger partial charge < -0.3 is 10.1 Å². The molecule has 1 aromatic rings. The second kappa shape index (κ2) is 7.81. The highest BCUT2D eigenvalue weighted by Gasteiger charge is 2.07. The van der Waals surface area contributed by atoms with Gasteiger partial charge in [0.2, 0.25) is 0 Å². The highest BCUT2D eigenvalue weighted by molar-refractivity contribution is 9.10. The minimum atomic E-state index is 0.703. The molecule has 0 bridgehead atoms. The van der Waals surface area contributed by atoms with E-state index in [2.05, 4.69) is 33.3 Å². The van der Waals surface area contributed by atoms with E-state index >= 15 is 0 Å². The Morgan fingerprint density at radius 2 is 2.38 bits per heavy atom. The number of aromatic nitrogens is 2. The Labute approximate surface area is 105 Å². The van der Waals surface area contributed by atoms with Crippen molar-refractivity contribution in [1.82, 2.24) is 15.1 Å². The molecule has 4 nitrogen and oxygen atoms in total. The molecule has 0 fully saturated rings. The maximum absolute atomic E-state index is 5.06. The normalized spacial score (nSPS) is 10.9. The number of hydrogen-bond donors (Lipinski definition) is 1. The summed E-state index contributed by atoms with van der Waals surface area (Å²) < 4.78 is 8.18. The van der Waals surface area contributed by atoms with Gasteiger partial charge >= 0.3 is 0 Å². The Morgan fingerprint density at radius 1 is 1.56 bits per heavy atom. The van der Waals surface area contributed by atoms with Gasteiger partial charge in [-0.05, 0) is 41.9 Å². The van der Waals surface area contributed by atoms with Gasteiger partial charge in [-0.15, -0.1) is 0 Å². The Balaban J connectivity index is 2.45. The van der Waals surface area contributed by atoms with Crippen LogP contribution in [0.3, 0.4) is 0 Å². The van der Waals surface area contributed by atoms with Gasteiger partial charge in [0, 0.05) is 7.11 Å². The summed E-state index contributed by atoms with van der Waals surface area (Å²) in [5.41, 5.74) is 1.26. The zero-order chi connectivity index (χ0) is 11.8. The summed E-state index contributed by atoms with van der Waals surface area (Å²) in [6, 6.07) is 0. The van der Waals surface area contributed by atoms with E-state index in [1.54, 1.807) is 7.11 Å². The molecule has 0 saturated carbocycles. The zero-order valence-corrected chi connectivity index (χ0v) is 11.6. The molecule has 0 radical (unpaired) electrons. The van der Waals surface area contributed by atoms with E-state index in [1.165, 1.54) is 5.69 Å². The highest BCUT2D eigenvalue weighted by Crippen LogP contribution is 2.17. The Bertz CT molecular complexity index is 301. The molecule has 0 aliphatic carbocycles. The third-order valence-electron chi connectivity index (χ3n) is 2.42. The van der Waals surface area contributed by atoms with Crippen molar-refractivity contribution in [2.45, 2.75) is 26.3 Å². The van der Waals surface area contributed by atoms with Crippen LogP contribution in [0.25, 0.3) is 0 Å². The number of halogens is 1. The SMILES string of the molecule is CCNCCCc1c(Br)cnn1CCOC. The first-order chi connectivity index (χ1) is 7.79. The molecule has 0 unspecified atom stereocenters. The predicted molar refractivity (Wildman–Crippen MR) is 68.7 cm³/mol. The number of nitrogens with zero attached hydrogens (tertiary/aromatic N) is 2. The Hall–Kier alpha value is -0.390. The standard InChI is InChI=1S/C11H20BrN3O/c1-3-13-6-4-5-11-10(12)9-14-15(11)7-8-16-2/h9,13H,3-8H2,1-2H3. The summed E-state index contributed by atoms with van der Waals surface area (Å²) >= 11 is 3.53. The predicted octanol–water partition coefficient (Wildman–Crippen LogP) is 1.83. The molecule has 1 rings (SSSR count). The van der Waals surface area contributed by atoms with Gasteiger partial charge in [-0.2, -0.15) is 5.10 Å². The maximum Gasteiger partial charge on any atom is 0.0658 e. The van der Waals surface area contributed by atoms with Crippen molar-refractivity contribution in [1.29, 1.82) is 0 Å². The van der Waals surface area contributed by atoms with E-state index in [9.17, 15) is 0 Å². The van der Waals surface area contributed by atoms with Gasteiger partial charge in [0.05, 0.1) is 29.5 Å². The summed E-state index contributed by atoms with van der Waals surface area (Å²) in [7, 11) is 1.71. The molecule has 0 aliphatic heterocycles. The molecular weight excluding hydrogens is 270 g/mol. The number of ether oxygens (including phenoxy) is 1. The van der Waals surface area contributed by atoms with Crippen molar-refractivity contribution >= 4 is 15.9 Å². The van der Waals surface area contributed by atoms with Gasteiger partial charge in [0.1, 0.15) is 0 Å². The molecular formula is C11H20BrN3O.